The van der Waals surface area contributed by atoms with E-state index >= 15 is 0 Å². The first-order valence-electron chi connectivity index (χ1n) is 6.83. The Morgan fingerprint density at radius 1 is 1.36 bits per heavy atom. The monoisotopic (exact) mass is 361 g/mol. The Labute approximate surface area is 136 Å². The minimum Gasteiger partial charge on any atom is -0.488 e. The number of hydrogen-bond acceptors (Lipinski definition) is 4. The number of nitriles is 1. The van der Waals surface area contributed by atoms with Gasteiger partial charge >= 0.3 is 0 Å². The molecule has 1 aliphatic rings. The first-order valence-corrected chi connectivity index (χ1v) is 7.62. The van der Waals surface area contributed by atoms with Gasteiger partial charge in [0.1, 0.15) is 29.4 Å². The Balaban J connectivity index is 1.54. The Hall–Kier alpha value is -1.97. The molecule has 2 heterocycles. The standard InChI is InChI=1S/C16H13BrFN3O/c17-16-2-1-12(18)5-11(16)8-21-9-15(10-21)22-14-3-4-20-13(6-14)7-19/h1-6,15H,8-10H2. The Morgan fingerprint density at radius 2 is 2.18 bits per heavy atom. The van der Waals surface area contributed by atoms with Crippen molar-refractivity contribution >= 4 is 15.9 Å². The van der Waals surface area contributed by atoms with E-state index in [0.717, 1.165) is 23.1 Å². The molecule has 0 saturated carbocycles. The molecular weight excluding hydrogens is 349 g/mol. The molecule has 112 valence electrons. The van der Waals surface area contributed by atoms with Gasteiger partial charge in [-0.15, -0.1) is 0 Å². The summed E-state index contributed by atoms with van der Waals surface area (Å²) in [4.78, 5) is 6.08. The van der Waals surface area contributed by atoms with Gasteiger partial charge < -0.3 is 4.74 Å². The quantitative estimate of drug-likeness (QED) is 0.839. The highest BCUT2D eigenvalue weighted by Gasteiger charge is 2.28. The molecule has 1 saturated heterocycles. The molecule has 0 amide bonds. The van der Waals surface area contributed by atoms with Gasteiger partial charge in [-0.25, -0.2) is 9.37 Å². The summed E-state index contributed by atoms with van der Waals surface area (Å²) >= 11 is 3.43. The lowest BCUT2D eigenvalue weighted by molar-refractivity contribution is 0.0143. The van der Waals surface area contributed by atoms with Gasteiger partial charge in [-0.1, -0.05) is 15.9 Å². The summed E-state index contributed by atoms with van der Waals surface area (Å²) in [6, 6.07) is 10.1. The molecule has 0 unspecified atom stereocenters. The van der Waals surface area contributed by atoms with Crippen LogP contribution in [0.25, 0.3) is 0 Å². The summed E-state index contributed by atoms with van der Waals surface area (Å²) in [6.45, 7) is 2.22. The fourth-order valence-corrected chi connectivity index (χ4v) is 2.74. The first kappa shape index (κ1) is 14.9. The van der Waals surface area contributed by atoms with Crippen molar-refractivity contribution < 1.29 is 9.13 Å². The van der Waals surface area contributed by atoms with Crippen LogP contribution in [0.1, 0.15) is 11.3 Å². The van der Waals surface area contributed by atoms with Crippen molar-refractivity contribution in [1.82, 2.24) is 9.88 Å². The molecule has 1 fully saturated rings. The van der Waals surface area contributed by atoms with Crippen LogP contribution in [0.15, 0.2) is 41.0 Å². The minimum absolute atomic E-state index is 0.0845. The van der Waals surface area contributed by atoms with Crippen LogP contribution < -0.4 is 4.74 Å². The molecule has 1 aromatic carbocycles. The van der Waals surface area contributed by atoms with Gasteiger partial charge in [0.25, 0.3) is 0 Å². The first-order chi connectivity index (χ1) is 10.6. The summed E-state index contributed by atoms with van der Waals surface area (Å²) in [5.74, 6) is 0.426. The molecule has 0 bridgehead atoms. The van der Waals surface area contributed by atoms with E-state index in [1.165, 1.54) is 6.07 Å². The smallest absolute Gasteiger partial charge is 0.144 e. The summed E-state index contributed by atoms with van der Waals surface area (Å²) < 4.78 is 20.0. The SMILES string of the molecule is N#Cc1cc(OC2CN(Cc3cc(F)ccc3Br)C2)ccn1. The molecule has 0 N–H and O–H groups in total. The molecule has 0 spiro atoms. The van der Waals surface area contributed by atoms with E-state index < -0.39 is 0 Å². The maximum atomic E-state index is 13.3. The van der Waals surface area contributed by atoms with Gasteiger partial charge in [0, 0.05) is 36.4 Å². The Bertz CT molecular complexity index is 726. The third-order valence-electron chi connectivity index (χ3n) is 3.47. The predicted octanol–water partition coefficient (Wildman–Crippen LogP) is 3.12. The maximum Gasteiger partial charge on any atom is 0.144 e. The molecule has 0 aliphatic carbocycles. The highest BCUT2D eigenvalue weighted by molar-refractivity contribution is 9.10. The van der Waals surface area contributed by atoms with Gasteiger partial charge in [0.15, 0.2) is 0 Å². The van der Waals surface area contributed by atoms with E-state index in [0.29, 0.717) is 18.0 Å². The summed E-state index contributed by atoms with van der Waals surface area (Å²) in [6.07, 6.45) is 1.65. The maximum absolute atomic E-state index is 13.3. The fourth-order valence-electron chi connectivity index (χ4n) is 2.37. The molecule has 0 atom stereocenters. The van der Waals surface area contributed by atoms with Crippen LogP contribution in [0.2, 0.25) is 0 Å². The average Bonchev–Trinajstić information content (AvgIpc) is 2.49. The lowest BCUT2D eigenvalue weighted by atomic mass is 10.1. The van der Waals surface area contributed by atoms with Crippen molar-refractivity contribution in [3.63, 3.8) is 0 Å². The van der Waals surface area contributed by atoms with E-state index in [1.807, 2.05) is 6.07 Å². The fraction of sp³-hybridized carbons (Fsp3) is 0.250. The zero-order chi connectivity index (χ0) is 15.5. The predicted molar refractivity (Wildman–Crippen MR) is 82.7 cm³/mol. The van der Waals surface area contributed by atoms with Crippen molar-refractivity contribution in [2.24, 2.45) is 0 Å². The number of pyridine rings is 1. The number of aromatic nitrogens is 1. The largest absolute Gasteiger partial charge is 0.488 e. The molecule has 6 heteroatoms. The number of benzene rings is 1. The number of rotatable bonds is 4. The Kier molecular flexibility index (Phi) is 4.36. The average molecular weight is 362 g/mol. The van der Waals surface area contributed by atoms with Gasteiger partial charge in [-0.3, -0.25) is 4.90 Å². The van der Waals surface area contributed by atoms with Crippen molar-refractivity contribution in [2.75, 3.05) is 13.1 Å². The van der Waals surface area contributed by atoms with Crippen LogP contribution in [0, 0.1) is 17.1 Å². The lowest BCUT2D eigenvalue weighted by Crippen LogP contribution is -2.53. The third kappa shape index (κ3) is 3.43. The molecule has 1 aliphatic heterocycles. The van der Waals surface area contributed by atoms with Crippen molar-refractivity contribution in [1.29, 1.82) is 5.26 Å². The summed E-state index contributed by atoms with van der Waals surface area (Å²) in [7, 11) is 0. The van der Waals surface area contributed by atoms with Gasteiger partial charge in [0.05, 0.1) is 0 Å². The second-order valence-corrected chi connectivity index (χ2v) is 6.01. The zero-order valence-electron chi connectivity index (χ0n) is 11.7. The highest BCUT2D eigenvalue weighted by Crippen LogP contribution is 2.24. The van der Waals surface area contributed by atoms with E-state index in [9.17, 15) is 4.39 Å². The van der Waals surface area contributed by atoms with Crippen LogP contribution >= 0.6 is 15.9 Å². The second-order valence-electron chi connectivity index (χ2n) is 5.16. The topological polar surface area (TPSA) is 49.1 Å². The number of likely N-dealkylation sites (tertiary alicyclic amines) is 1. The highest BCUT2D eigenvalue weighted by atomic mass is 79.9. The molecule has 1 aromatic heterocycles. The molecule has 2 aromatic rings. The number of ether oxygens (including phenoxy) is 1. The van der Waals surface area contributed by atoms with Crippen LogP contribution in [0.5, 0.6) is 5.75 Å². The van der Waals surface area contributed by atoms with E-state index in [2.05, 4.69) is 25.8 Å². The summed E-state index contributed by atoms with van der Waals surface area (Å²) in [5, 5.41) is 8.81. The van der Waals surface area contributed by atoms with Crippen LogP contribution in [0.3, 0.4) is 0 Å². The third-order valence-corrected chi connectivity index (χ3v) is 4.25. The number of hydrogen-bond donors (Lipinski definition) is 0. The van der Waals surface area contributed by atoms with Gasteiger partial charge in [0.2, 0.25) is 0 Å². The number of halogens is 2. The minimum atomic E-state index is -0.229. The molecular formula is C16H13BrFN3O. The van der Waals surface area contributed by atoms with E-state index in [1.54, 1.807) is 30.5 Å². The van der Waals surface area contributed by atoms with Crippen molar-refractivity contribution in [3.8, 4) is 11.8 Å². The zero-order valence-corrected chi connectivity index (χ0v) is 13.3. The van der Waals surface area contributed by atoms with Crippen molar-refractivity contribution in [3.05, 3.63) is 58.1 Å². The van der Waals surface area contributed by atoms with Gasteiger partial charge in [-0.2, -0.15) is 5.26 Å². The lowest BCUT2D eigenvalue weighted by Gasteiger charge is -2.39. The molecule has 22 heavy (non-hydrogen) atoms. The van der Waals surface area contributed by atoms with E-state index in [-0.39, 0.29) is 11.9 Å². The molecule has 0 radical (unpaired) electrons. The number of nitrogens with zero attached hydrogens (tertiary/aromatic N) is 3. The molecule has 4 nitrogen and oxygen atoms in total. The van der Waals surface area contributed by atoms with Gasteiger partial charge in [-0.05, 0) is 29.8 Å². The van der Waals surface area contributed by atoms with E-state index in [4.69, 9.17) is 10.00 Å². The second kappa shape index (κ2) is 6.42. The molecule has 3 rings (SSSR count). The summed E-state index contributed by atoms with van der Waals surface area (Å²) in [5.41, 5.74) is 1.27. The van der Waals surface area contributed by atoms with Crippen LogP contribution in [0.4, 0.5) is 4.39 Å². The Morgan fingerprint density at radius 3 is 2.95 bits per heavy atom. The van der Waals surface area contributed by atoms with Crippen molar-refractivity contribution in [2.45, 2.75) is 12.6 Å². The normalized spacial score (nSPS) is 15.1. The van der Waals surface area contributed by atoms with Crippen LogP contribution in [-0.4, -0.2) is 29.1 Å². The van der Waals surface area contributed by atoms with Crippen LogP contribution in [-0.2, 0) is 6.54 Å².